The molecule has 0 atom stereocenters. The third-order valence-corrected chi connectivity index (χ3v) is 4.73. The first-order chi connectivity index (χ1) is 10.1. The summed E-state index contributed by atoms with van der Waals surface area (Å²) in [4.78, 5) is 0.168. The highest BCUT2D eigenvalue weighted by molar-refractivity contribution is 7.92. The highest BCUT2D eigenvalue weighted by Gasteiger charge is 2.27. The predicted molar refractivity (Wildman–Crippen MR) is 76.0 cm³/mol. The maximum atomic E-state index is 12.5. The fourth-order valence-corrected chi connectivity index (χ4v) is 3.38. The van der Waals surface area contributed by atoms with Crippen molar-refractivity contribution in [3.63, 3.8) is 0 Å². The lowest BCUT2D eigenvalue weighted by Gasteiger charge is -2.08. The van der Waals surface area contributed by atoms with Gasteiger partial charge in [-0.05, 0) is 31.9 Å². The van der Waals surface area contributed by atoms with Crippen molar-refractivity contribution in [3.05, 3.63) is 29.7 Å². The summed E-state index contributed by atoms with van der Waals surface area (Å²) in [5.41, 5.74) is 0.981. The van der Waals surface area contributed by atoms with E-state index in [0.717, 1.165) is 12.8 Å². The number of nitrogens with zero attached hydrogens (tertiary/aromatic N) is 3. The first-order valence-electron chi connectivity index (χ1n) is 6.64. The van der Waals surface area contributed by atoms with Gasteiger partial charge >= 0.3 is 0 Å². The second-order valence-corrected chi connectivity index (χ2v) is 6.61. The predicted octanol–water partition coefficient (Wildman–Crippen LogP) is 0.561. The van der Waals surface area contributed by atoms with Crippen molar-refractivity contribution < 1.29 is 8.42 Å². The third-order valence-electron chi connectivity index (χ3n) is 3.18. The van der Waals surface area contributed by atoms with Crippen LogP contribution in [0.25, 0.3) is 0 Å². The zero-order chi connectivity index (χ0) is 14.9. The van der Waals surface area contributed by atoms with E-state index in [1.165, 1.54) is 6.20 Å². The van der Waals surface area contributed by atoms with E-state index in [1.807, 2.05) is 0 Å². The van der Waals surface area contributed by atoms with E-state index in [0.29, 0.717) is 24.0 Å². The summed E-state index contributed by atoms with van der Waals surface area (Å²) in [6, 6.07) is 3.63. The van der Waals surface area contributed by atoms with Crippen molar-refractivity contribution in [3.8, 4) is 0 Å². The molecular formula is C12H16N6O2S. The van der Waals surface area contributed by atoms with Crippen molar-refractivity contribution in [1.82, 2.24) is 25.7 Å². The molecule has 0 spiro atoms. The molecule has 21 heavy (non-hydrogen) atoms. The van der Waals surface area contributed by atoms with Crippen LogP contribution in [0.2, 0.25) is 0 Å². The smallest absolute Gasteiger partial charge is 0.266 e. The van der Waals surface area contributed by atoms with Crippen LogP contribution in [0.15, 0.2) is 23.2 Å². The summed E-state index contributed by atoms with van der Waals surface area (Å²) >= 11 is 0. The fourth-order valence-electron chi connectivity index (χ4n) is 2.02. The number of anilines is 1. The third kappa shape index (κ3) is 3.19. The molecule has 0 bridgehead atoms. The number of nitrogens with one attached hydrogen (secondary N) is 3. The van der Waals surface area contributed by atoms with Gasteiger partial charge in [0, 0.05) is 18.8 Å². The summed E-state index contributed by atoms with van der Waals surface area (Å²) in [5.74, 6) is 0.180. The summed E-state index contributed by atoms with van der Waals surface area (Å²) < 4.78 is 27.4. The molecule has 2 aromatic rings. The van der Waals surface area contributed by atoms with Gasteiger partial charge in [-0.2, -0.15) is 10.2 Å². The normalized spacial score (nSPS) is 15.1. The molecule has 3 rings (SSSR count). The monoisotopic (exact) mass is 308 g/mol. The summed E-state index contributed by atoms with van der Waals surface area (Å²) in [5, 5.41) is 17.4. The number of aryl methyl sites for hydroxylation is 1. The largest absolute Gasteiger partial charge is 0.308 e. The molecule has 112 valence electrons. The van der Waals surface area contributed by atoms with Crippen LogP contribution in [0.4, 0.5) is 5.82 Å². The van der Waals surface area contributed by atoms with Gasteiger partial charge in [0.2, 0.25) is 0 Å². The SMILES string of the molecule is Cc1[nH]nc(CNC2CC2)c1S(=O)(=O)Nc1cccnn1. The second kappa shape index (κ2) is 5.41. The maximum absolute atomic E-state index is 12.5. The summed E-state index contributed by atoms with van der Waals surface area (Å²) in [6.07, 6.45) is 3.73. The Bertz CT molecular complexity index is 723. The Labute approximate surface area is 122 Å². The van der Waals surface area contributed by atoms with Gasteiger partial charge in [-0.3, -0.25) is 9.82 Å². The number of hydrogen-bond donors (Lipinski definition) is 3. The Morgan fingerprint density at radius 3 is 2.90 bits per heavy atom. The molecule has 0 aromatic carbocycles. The van der Waals surface area contributed by atoms with Crippen LogP contribution in [-0.4, -0.2) is 34.9 Å². The van der Waals surface area contributed by atoms with E-state index in [4.69, 9.17) is 0 Å². The molecule has 3 N–H and O–H groups in total. The van der Waals surface area contributed by atoms with Crippen LogP contribution in [0, 0.1) is 6.92 Å². The number of sulfonamides is 1. The molecule has 2 heterocycles. The van der Waals surface area contributed by atoms with E-state index in [2.05, 4.69) is 30.4 Å². The lowest BCUT2D eigenvalue weighted by atomic mass is 10.3. The fraction of sp³-hybridized carbons (Fsp3) is 0.417. The van der Waals surface area contributed by atoms with Gasteiger partial charge in [-0.25, -0.2) is 8.42 Å². The summed E-state index contributed by atoms with van der Waals surface area (Å²) in [6.45, 7) is 2.10. The Morgan fingerprint density at radius 2 is 2.24 bits per heavy atom. The Hall–Kier alpha value is -2.00. The molecule has 1 aliphatic carbocycles. The molecular weight excluding hydrogens is 292 g/mol. The number of aromatic nitrogens is 4. The molecule has 0 aliphatic heterocycles. The van der Waals surface area contributed by atoms with Crippen LogP contribution in [0.5, 0.6) is 0 Å². The minimum atomic E-state index is -3.75. The zero-order valence-electron chi connectivity index (χ0n) is 11.5. The van der Waals surface area contributed by atoms with Crippen molar-refractivity contribution in [2.45, 2.75) is 37.2 Å². The lowest BCUT2D eigenvalue weighted by molar-refractivity contribution is 0.596. The van der Waals surface area contributed by atoms with E-state index in [-0.39, 0.29) is 10.7 Å². The minimum absolute atomic E-state index is 0.168. The maximum Gasteiger partial charge on any atom is 0.266 e. The molecule has 9 heteroatoms. The Balaban J connectivity index is 1.85. The molecule has 1 fully saturated rings. The van der Waals surface area contributed by atoms with Crippen molar-refractivity contribution >= 4 is 15.8 Å². The van der Waals surface area contributed by atoms with Crippen LogP contribution >= 0.6 is 0 Å². The number of rotatable bonds is 6. The molecule has 1 saturated carbocycles. The zero-order valence-corrected chi connectivity index (χ0v) is 12.3. The number of aromatic amines is 1. The molecule has 8 nitrogen and oxygen atoms in total. The Morgan fingerprint density at radius 1 is 1.43 bits per heavy atom. The molecule has 1 aliphatic rings. The minimum Gasteiger partial charge on any atom is -0.308 e. The molecule has 0 unspecified atom stereocenters. The lowest BCUT2D eigenvalue weighted by Crippen LogP contribution is -2.20. The van der Waals surface area contributed by atoms with Crippen LogP contribution in [-0.2, 0) is 16.6 Å². The Kier molecular flexibility index (Phi) is 3.60. The summed E-state index contributed by atoms with van der Waals surface area (Å²) in [7, 11) is -3.75. The van der Waals surface area contributed by atoms with Gasteiger partial charge in [0.1, 0.15) is 4.90 Å². The van der Waals surface area contributed by atoms with Gasteiger partial charge in [0.05, 0.1) is 11.4 Å². The highest BCUT2D eigenvalue weighted by Crippen LogP contribution is 2.23. The molecule has 0 amide bonds. The average Bonchev–Trinajstić information content (AvgIpc) is 3.19. The second-order valence-electron chi connectivity index (χ2n) is 4.99. The quantitative estimate of drug-likeness (QED) is 0.719. The highest BCUT2D eigenvalue weighted by atomic mass is 32.2. The average molecular weight is 308 g/mol. The molecule has 0 radical (unpaired) electrons. The van der Waals surface area contributed by atoms with E-state index in [9.17, 15) is 8.42 Å². The van der Waals surface area contributed by atoms with Crippen molar-refractivity contribution in [2.24, 2.45) is 0 Å². The van der Waals surface area contributed by atoms with E-state index in [1.54, 1.807) is 19.1 Å². The number of H-pyrrole nitrogens is 1. The first-order valence-corrected chi connectivity index (χ1v) is 8.12. The number of hydrogen-bond acceptors (Lipinski definition) is 6. The first kappa shape index (κ1) is 14.0. The van der Waals surface area contributed by atoms with Crippen molar-refractivity contribution in [1.29, 1.82) is 0 Å². The van der Waals surface area contributed by atoms with Crippen LogP contribution in [0.3, 0.4) is 0 Å². The van der Waals surface area contributed by atoms with E-state index >= 15 is 0 Å². The standard InChI is InChI=1S/C12H16N6O2S/c1-8-12(10(16-15-8)7-13-9-4-5-9)21(19,20)18-11-3-2-6-14-17-11/h2-3,6,9,13H,4-5,7H2,1H3,(H,15,16)(H,17,18). The van der Waals surface area contributed by atoms with Crippen molar-refractivity contribution in [2.75, 3.05) is 4.72 Å². The van der Waals surface area contributed by atoms with Gasteiger partial charge in [-0.1, -0.05) is 0 Å². The molecule has 0 saturated heterocycles. The topological polar surface area (TPSA) is 113 Å². The van der Waals surface area contributed by atoms with Gasteiger partial charge in [0.15, 0.2) is 5.82 Å². The van der Waals surface area contributed by atoms with E-state index < -0.39 is 10.0 Å². The van der Waals surface area contributed by atoms with Crippen LogP contribution < -0.4 is 10.0 Å². The van der Waals surface area contributed by atoms with Crippen LogP contribution in [0.1, 0.15) is 24.2 Å². The van der Waals surface area contributed by atoms with Gasteiger partial charge in [0.25, 0.3) is 10.0 Å². The molecule has 2 aromatic heterocycles. The van der Waals surface area contributed by atoms with Gasteiger partial charge < -0.3 is 5.32 Å². The van der Waals surface area contributed by atoms with Gasteiger partial charge in [-0.15, -0.1) is 5.10 Å².